The average molecular weight is 427 g/mol. The number of rotatable bonds is 8. The number of nitrogens with one attached hydrogen (secondary N) is 2. The van der Waals surface area contributed by atoms with Crippen molar-refractivity contribution in [2.24, 2.45) is 0 Å². The number of carbonyl (C=O) groups excluding carboxylic acids is 2. The van der Waals surface area contributed by atoms with Crippen LogP contribution < -0.4 is 15.4 Å². The molecule has 3 rings (SSSR count). The third-order valence-electron chi connectivity index (χ3n) is 5.17. The van der Waals surface area contributed by atoms with Gasteiger partial charge in [0.05, 0.1) is 18.2 Å². The second-order valence-corrected chi connectivity index (χ2v) is 7.87. The van der Waals surface area contributed by atoms with Crippen LogP contribution in [-0.4, -0.2) is 17.9 Å². The Morgan fingerprint density at radius 2 is 1.83 bits per heavy atom. The van der Waals surface area contributed by atoms with Crippen molar-refractivity contribution in [3.05, 3.63) is 71.3 Å². The van der Waals surface area contributed by atoms with Crippen LogP contribution in [0.5, 0.6) is 5.75 Å². The fourth-order valence-electron chi connectivity index (χ4n) is 3.59. The Morgan fingerprint density at radius 3 is 2.57 bits per heavy atom. The van der Waals surface area contributed by atoms with Crippen LogP contribution in [0.3, 0.4) is 0 Å². The highest BCUT2D eigenvalue weighted by Crippen LogP contribution is 2.32. The highest BCUT2D eigenvalue weighted by Gasteiger charge is 2.18. The third kappa shape index (κ3) is 6.36. The third-order valence-corrected chi connectivity index (χ3v) is 5.40. The van der Waals surface area contributed by atoms with Crippen LogP contribution in [0.1, 0.15) is 43.2 Å². The molecular formula is C24H27ClN2O3. The quantitative estimate of drug-likeness (QED) is 0.581. The summed E-state index contributed by atoms with van der Waals surface area (Å²) < 4.78 is 6.16. The molecular weight excluding hydrogens is 400 g/mol. The Labute approximate surface area is 182 Å². The SMILES string of the molecule is C=CC(=O)NCc1ccccc1CC(=O)Nc1cc(Cl)ccc1OC1CCCCC1. The maximum Gasteiger partial charge on any atom is 0.243 e. The predicted molar refractivity (Wildman–Crippen MR) is 120 cm³/mol. The number of amides is 2. The van der Waals surface area contributed by atoms with E-state index in [9.17, 15) is 9.59 Å². The second kappa shape index (κ2) is 10.8. The molecule has 0 heterocycles. The van der Waals surface area contributed by atoms with Gasteiger partial charge in [0, 0.05) is 11.6 Å². The summed E-state index contributed by atoms with van der Waals surface area (Å²) in [6.07, 6.45) is 7.21. The normalized spacial score (nSPS) is 14.0. The molecule has 0 aliphatic heterocycles. The zero-order valence-corrected chi connectivity index (χ0v) is 17.7. The fourth-order valence-corrected chi connectivity index (χ4v) is 3.76. The van der Waals surface area contributed by atoms with Crippen LogP contribution >= 0.6 is 11.6 Å². The van der Waals surface area contributed by atoms with Gasteiger partial charge in [0.1, 0.15) is 5.75 Å². The van der Waals surface area contributed by atoms with E-state index in [1.54, 1.807) is 12.1 Å². The second-order valence-electron chi connectivity index (χ2n) is 7.43. The number of hydrogen-bond donors (Lipinski definition) is 2. The van der Waals surface area contributed by atoms with Crippen molar-refractivity contribution < 1.29 is 14.3 Å². The van der Waals surface area contributed by atoms with Gasteiger partial charge in [-0.2, -0.15) is 0 Å². The zero-order valence-electron chi connectivity index (χ0n) is 17.0. The number of benzene rings is 2. The van der Waals surface area contributed by atoms with Gasteiger partial charge in [-0.15, -0.1) is 0 Å². The summed E-state index contributed by atoms with van der Waals surface area (Å²) in [6.45, 7) is 3.78. The van der Waals surface area contributed by atoms with Crippen LogP contribution in [0.4, 0.5) is 5.69 Å². The minimum Gasteiger partial charge on any atom is -0.488 e. The number of carbonyl (C=O) groups is 2. The Morgan fingerprint density at radius 1 is 1.10 bits per heavy atom. The number of halogens is 1. The molecule has 0 radical (unpaired) electrons. The molecule has 0 unspecified atom stereocenters. The van der Waals surface area contributed by atoms with Gasteiger partial charge in [0.25, 0.3) is 0 Å². The molecule has 0 atom stereocenters. The summed E-state index contributed by atoms with van der Waals surface area (Å²) in [5.74, 6) is 0.220. The highest BCUT2D eigenvalue weighted by atomic mass is 35.5. The number of anilines is 1. The Hall–Kier alpha value is -2.79. The fraction of sp³-hybridized carbons (Fsp3) is 0.333. The van der Waals surface area contributed by atoms with E-state index in [0.717, 1.165) is 24.0 Å². The minimum absolute atomic E-state index is 0.171. The average Bonchev–Trinajstić information content (AvgIpc) is 2.75. The molecule has 1 aliphatic rings. The molecule has 158 valence electrons. The molecule has 0 bridgehead atoms. The highest BCUT2D eigenvalue weighted by molar-refractivity contribution is 6.31. The van der Waals surface area contributed by atoms with E-state index in [-0.39, 0.29) is 24.3 Å². The van der Waals surface area contributed by atoms with Gasteiger partial charge in [0.15, 0.2) is 0 Å². The van der Waals surface area contributed by atoms with E-state index >= 15 is 0 Å². The molecule has 2 aromatic rings. The summed E-state index contributed by atoms with van der Waals surface area (Å²) in [5, 5.41) is 6.22. The predicted octanol–water partition coefficient (Wildman–Crippen LogP) is 5.03. The van der Waals surface area contributed by atoms with Gasteiger partial charge in [-0.05, 0) is 61.1 Å². The molecule has 0 saturated heterocycles. The summed E-state index contributed by atoms with van der Waals surface area (Å²) in [4.78, 5) is 24.2. The Bertz CT molecular complexity index is 907. The summed E-state index contributed by atoms with van der Waals surface area (Å²) in [6, 6.07) is 12.8. The van der Waals surface area contributed by atoms with Gasteiger partial charge in [-0.1, -0.05) is 48.9 Å². The van der Waals surface area contributed by atoms with Crippen molar-refractivity contribution in [2.75, 3.05) is 5.32 Å². The van der Waals surface area contributed by atoms with Crippen molar-refractivity contribution >= 4 is 29.1 Å². The van der Waals surface area contributed by atoms with E-state index in [4.69, 9.17) is 16.3 Å². The lowest BCUT2D eigenvalue weighted by molar-refractivity contribution is -0.116. The van der Waals surface area contributed by atoms with Crippen LogP contribution in [0.15, 0.2) is 55.1 Å². The lowest BCUT2D eigenvalue weighted by Gasteiger charge is -2.24. The number of ether oxygens (including phenoxy) is 1. The van der Waals surface area contributed by atoms with Gasteiger partial charge in [-0.3, -0.25) is 9.59 Å². The van der Waals surface area contributed by atoms with Crippen LogP contribution in [0.25, 0.3) is 0 Å². The topological polar surface area (TPSA) is 67.4 Å². The van der Waals surface area contributed by atoms with Gasteiger partial charge < -0.3 is 15.4 Å². The van der Waals surface area contributed by atoms with Crippen molar-refractivity contribution in [3.63, 3.8) is 0 Å². The van der Waals surface area contributed by atoms with E-state index in [2.05, 4.69) is 17.2 Å². The van der Waals surface area contributed by atoms with Crippen molar-refractivity contribution in [1.29, 1.82) is 0 Å². The molecule has 2 amide bonds. The first-order valence-electron chi connectivity index (χ1n) is 10.3. The summed E-state index contributed by atoms with van der Waals surface area (Å²) in [7, 11) is 0. The van der Waals surface area contributed by atoms with E-state index in [1.165, 1.54) is 25.3 Å². The summed E-state index contributed by atoms with van der Waals surface area (Å²) >= 11 is 6.16. The van der Waals surface area contributed by atoms with Gasteiger partial charge in [0.2, 0.25) is 11.8 Å². The van der Waals surface area contributed by atoms with Gasteiger partial charge in [-0.25, -0.2) is 0 Å². The van der Waals surface area contributed by atoms with E-state index in [1.807, 2.05) is 30.3 Å². The maximum atomic E-state index is 12.8. The molecule has 6 heteroatoms. The lowest BCUT2D eigenvalue weighted by Crippen LogP contribution is -2.23. The molecule has 1 fully saturated rings. The molecule has 1 saturated carbocycles. The largest absolute Gasteiger partial charge is 0.488 e. The van der Waals surface area contributed by atoms with Crippen LogP contribution in [0, 0.1) is 0 Å². The van der Waals surface area contributed by atoms with E-state index < -0.39 is 0 Å². The Balaban J connectivity index is 1.68. The van der Waals surface area contributed by atoms with Crippen molar-refractivity contribution in [2.45, 2.75) is 51.2 Å². The smallest absolute Gasteiger partial charge is 0.243 e. The van der Waals surface area contributed by atoms with Gasteiger partial charge >= 0.3 is 0 Å². The van der Waals surface area contributed by atoms with Crippen molar-refractivity contribution in [3.8, 4) is 5.75 Å². The Kier molecular flexibility index (Phi) is 7.91. The molecule has 0 spiro atoms. The molecule has 5 nitrogen and oxygen atoms in total. The first-order chi connectivity index (χ1) is 14.5. The summed E-state index contributed by atoms with van der Waals surface area (Å²) in [5.41, 5.74) is 2.30. The monoisotopic (exact) mass is 426 g/mol. The number of hydrogen-bond acceptors (Lipinski definition) is 3. The van der Waals surface area contributed by atoms with Crippen LogP contribution in [-0.2, 0) is 22.6 Å². The molecule has 2 aromatic carbocycles. The standard InChI is InChI=1S/C24H27ClN2O3/c1-2-23(28)26-16-18-9-7-6-8-17(18)14-24(29)27-21-15-19(25)12-13-22(21)30-20-10-4-3-5-11-20/h2,6-9,12-13,15,20H,1,3-5,10-11,14,16H2,(H,26,28)(H,27,29). The first-order valence-corrected chi connectivity index (χ1v) is 10.7. The van der Waals surface area contributed by atoms with Crippen LogP contribution in [0.2, 0.25) is 5.02 Å². The molecule has 0 aromatic heterocycles. The zero-order chi connectivity index (χ0) is 21.3. The minimum atomic E-state index is -0.252. The lowest BCUT2D eigenvalue weighted by atomic mass is 9.98. The molecule has 1 aliphatic carbocycles. The maximum absolute atomic E-state index is 12.8. The van der Waals surface area contributed by atoms with E-state index in [0.29, 0.717) is 23.0 Å². The first kappa shape index (κ1) is 21.9. The molecule has 2 N–H and O–H groups in total. The molecule has 30 heavy (non-hydrogen) atoms. The van der Waals surface area contributed by atoms with Crippen molar-refractivity contribution in [1.82, 2.24) is 5.32 Å².